The number of ether oxygens (including phenoxy) is 1. The summed E-state index contributed by atoms with van der Waals surface area (Å²) in [5, 5.41) is 3.07. The Kier molecular flexibility index (Phi) is 6.08. The van der Waals surface area contributed by atoms with E-state index < -0.39 is 0 Å². The number of rotatable bonds is 5. The van der Waals surface area contributed by atoms with Gasteiger partial charge < -0.3 is 15.0 Å². The number of nitrogens with zero attached hydrogens (tertiary/aromatic N) is 1. The summed E-state index contributed by atoms with van der Waals surface area (Å²) in [5.74, 6) is 0.429. The largest absolute Gasteiger partial charge is 0.380 e. The van der Waals surface area contributed by atoms with Crippen molar-refractivity contribution in [3.63, 3.8) is 0 Å². The molecule has 3 rings (SSSR count). The summed E-state index contributed by atoms with van der Waals surface area (Å²) in [5.41, 5.74) is 1.70. The van der Waals surface area contributed by atoms with Gasteiger partial charge in [-0.3, -0.25) is 9.59 Å². The van der Waals surface area contributed by atoms with Crippen LogP contribution in [0.15, 0.2) is 24.3 Å². The molecule has 0 aromatic heterocycles. The van der Waals surface area contributed by atoms with Crippen molar-refractivity contribution in [2.24, 2.45) is 5.92 Å². The predicted octanol–water partition coefficient (Wildman–Crippen LogP) is 2.74. The van der Waals surface area contributed by atoms with Crippen LogP contribution in [0.1, 0.15) is 54.4 Å². The quantitative estimate of drug-likeness (QED) is 0.893. The predicted molar refractivity (Wildman–Crippen MR) is 96.2 cm³/mol. The van der Waals surface area contributed by atoms with Gasteiger partial charge in [-0.05, 0) is 37.0 Å². The van der Waals surface area contributed by atoms with Crippen molar-refractivity contribution in [3.05, 3.63) is 35.4 Å². The smallest absolute Gasteiger partial charge is 0.251 e. The first-order chi connectivity index (χ1) is 12.2. The molecule has 1 atom stereocenters. The zero-order valence-corrected chi connectivity index (χ0v) is 15.0. The Morgan fingerprint density at radius 2 is 1.84 bits per heavy atom. The lowest BCUT2D eigenvalue weighted by atomic mass is 9.88. The lowest BCUT2D eigenvalue weighted by molar-refractivity contribution is -0.135. The fraction of sp³-hybridized carbons (Fsp3) is 0.600. The van der Waals surface area contributed by atoms with Gasteiger partial charge in [0.05, 0.1) is 6.61 Å². The van der Waals surface area contributed by atoms with E-state index in [0.29, 0.717) is 24.6 Å². The Morgan fingerprint density at radius 3 is 2.52 bits per heavy atom. The van der Waals surface area contributed by atoms with Gasteiger partial charge in [0, 0.05) is 37.7 Å². The maximum absolute atomic E-state index is 12.6. The summed E-state index contributed by atoms with van der Waals surface area (Å²) in [6.07, 6.45) is 6.49. The number of benzene rings is 1. The van der Waals surface area contributed by atoms with Crippen LogP contribution in [0, 0.1) is 5.92 Å². The molecule has 1 aromatic rings. The van der Waals surface area contributed by atoms with Crippen LogP contribution in [0.2, 0.25) is 0 Å². The van der Waals surface area contributed by atoms with Crippen molar-refractivity contribution in [3.8, 4) is 0 Å². The van der Waals surface area contributed by atoms with Crippen LogP contribution in [-0.2, 0) is 16.1 Å². The summed E-state index contributed by atoms with van der Waals surface area (Å²) < 4.78 is 5.08. The minimum Gasteiger partial charge on any atom is -0.380 e. The minimum absolute atomic E-state index is 0.0543. The summed E-state index contributed by atoms with van der Waals surface area (Å²) in [6.45, 7) is 1.94. The Balaban J connectivity index is 1.50. The maximum Gasteiger partial charge on any atom is 0.251 e. The number of hydrogen-bond acceptors (Lipinski definition) is 3. The molecule has 1 saturated carbocycles. The van der Waals surface area contributed by atoms with Crippen molar-refractivity contribution in [2.75, 3.05) is 20.2 Å². The second-order valence-corrected chi connectivity index (χ2v) is 7.21. The highest BCUT2D eigenvalue weighted by atomic mass is 16.5. The standard InChI is InChI=1S/C20H28N2O3/c1-25-14-15-7-9-16(10-8-15)19(23)21-18-11-12-22(13-18)20(24)17-5-3-2-4-6-17/h7-10,17-18H,2-6,11-14H2,1H3,(H,21,23). The molecule has 5 heteroatoms. The summed E-state index contributed by atoms with van der Waals surface area (Å²) >= 11 is 0. The molecule has 1 unspecified atom stereocenters. The third kappa shape index (κ3) is 4.60. The summed E-state index contributed by atoms with van der Waals surface area (Å²) in [7, 11) is 1.65. The van der Waals surface area contributed by atoms with Gasteiger partial charge in [0.25, 0.3) is 5.91 Å². The summed E-state index contributed by atoms with van der Waals surface area (Å²) in [4.78, 5) is 27.0. The molecule has 1 heterocycles. The molecule has 2 amide bonds. The van der Waals surface area contributed by atoms with E-state index in [-0.39, 0.29) is 17.9 Å². The number of carbonyl (C=O) groups is 2. The molecule has 1 N–H and O–H groups in total. The van der Waals surface area contributed by atoms with Crippen molar-refractivity contribution >= 4 is 11.8 Å². The molecule has 1 aliphatic carbocycles. The number of nitrogens with one attached hydrogen (secondary N) is 1. The molecule has 0 radical (unpaired) electrons. The molecule has 0 bridgehead atoms. The van der Waals surface area contributed by atoms with E-state index in [4.69, 9.17) is 4.74 Å². The fourth-order valence-electron chi connectivity index (χ4n) is 3.87. The van der Waals surface area contributed by atoms with Gasteiger partial charge in [0.2, 0.25) is 5.91 Å². The average molecular weight is 344 g/mol. The first-order valence-corrected chi connectivity index (χ1v) is 9.35. The number of hydrogen-bond donors (Lipinski definition) is 1. The van der Waals surface area contributed by atoms with Gasteiger partial charge >= 0.3 is 0 Å². The van der Waals surface area contributed by atoms with Gasteiger partial charge in [0.15, 0.2) is 0 Å². The van der Waals surface area contributed by atoms with Crippen LogP contribution < -0.4 is 5.32 Å². The Labute approximate surface area is 149 Å². The number of likely N-dealkylation sites (tertiary alicyclic amines) is 1. The second-order valence-electron chi connectivity index (χ2n) is 7.21. The van der Waals surface area contributed by atoms with Crippen LogP contribution in [0.4, 0.5) is 0 Å². The van der Waals surface area contributed by atoms with Crippen molar-refractivity contribution in [1.29, 1.82) is 0 Å². The monoisotopic (exact) mass is 344 g/mol. The van der Waals surface area contributed by atoms with Crippen molar-refractivity contribution in [1.82, 2.24) is 10.2 Å². The van der Waals surface area contributed by atoms with Crippen molar-refractivity contribution < 1.29 is 14.3 Å². The maximum atomic E-state index is 12.6. The topological polar surface area (TPSA) is 58.6 Å². The molecule has 25 heavy (non-hydrogen) atoms. The lowest BCUT2D eigenvalue weighted by Gasteiger charge is -2.26. The van der Waals surface area contributed by atoms with Crippen LogP contribution in [0.3, 0.4) is 0 Å². The number of amides is 2. The molecule has 1 aromatic carbocycles. The van der Waals surface area contributed by atoms with Gasteiger partial charge in [-0.25, -0.2) is 0 Å². The molecular weight excluding hydrogens is 316 g/mol. The van der Waals surface area contributed by atoms with E-state index in [1.807, 2.05) is 29.2 Å². The first-order valence-electron chi connectivity index (χ1n) is 9.35. The van der Waals surface area contributed by atoms with Crippen LogP contribution in [0.25, 0.3) is 0 Å². The van der Waals surface area contributed by atoms with E-state index in [1.165, 1.54) is 19.3 Å². The van der Waals surface area contributed by atoms with Gasteiger partial charge in [-0.15, -0.1) is 0 Å². The van der Waals surface area contributed by atoms with Crippen molar-refractivity contribution in [2.45, 2.75) is 51.2 Å². The van der Waals surface area contributed by atoms with E-state index in [2.05, 4.69) is 5.32 Å². The molecule has 2 aliphatic rings. The highest BCUT2D eigenvalue weighted by Crippen LogP contribution is 2.26. The molecule has 1 aliphatic heterocycles. The van der Waals surface area contributed by atoms with Gasteiger partial charge in [-0.2, -0.15) is 0 Å². The normalized spacial score (nSPS) is 21.3. The van der Waals surface area contributed by atoms with E-state index in [9.17, 15) is 9.59 Å². The SMILES string of the molecule is COCc1ccc(C(=O)NC2CCN(C(=O)C3CCCCC3)C2)cc1. The molecule has 136 valence electrons. The lowest BCUT2D eigenvalue weighted by Crippen LogP contribution is -2.40. The third-order valence-corrected chi connectivity index (χ3v) is 5.32. The van der Waals surface area contributed by atoms with Crippen LogP contribution >= 0.6 is 0 Å². The van der Waals surface area contributed by atoms with Gasteiger partial charge in [-0.1, -0.05) is 31.4 Å². The van der Waals surface area contributed by atoms with Crippen LogP contribution in [0.5, 0.6) is 0 Å². The fourth-order valence-corrected chi connectivity index (χ4v) is 3.87. The zero-order valence-electron chi connectivity index (χ0n) is 15.0. The molecular formula is C20H28N2O3. The first kappa shape index (κ1) is 17.9. The zero-order chi connectivity index (χ0) is 17.6. The Morgan fingerprint density at radius 1 is 1.12 bits per heavy atom. The van der Waals surface area contributed by atoms with Crippen LogP contribution in [-0.4, -0.2) is 43.0 Å². The summed E-state index contributed by atoms with van der Waals surface area (Å²) in [6, 6.07) is 7.52. The Hall–Kier alpha value is -1.88. The highest BCUT2D eigenvalue weighted by Gasteiger charge is 2.32. The average Bonchev–Trinajstić information content (AvgIpc) is 3.11. The third-order valence-electron chi connectivity index (χ3n) is 5.32. The molecule has 2 fully saturated rings. The molecule has 0 spiro atoms. The van der Waals surface area contributed by atoms with E-state index >= 15 is 0 Å². The van der Waals surface area contributed by atoms with E-state index in [0.717, 1.165) is 31.4 Å². The molecule has 5 nitrogen and oxygen atoms in total. The second kappa shape index (κ2) is 8.48. The highest BCUT2D eigenvalue weighted by molar-refractivity contribution is 5.94. The molecule has 1 saturated heterocycles. The number of carbonyl (C=O) groups excluding carboxylic acids is 2. The Bertz CT molecular complexity index is 593. The van der Waals surface area contributed by atoms with Gasteiger partial charge in [0.1, 0.15) is 0 Å². The number of methoxy groups -OCH3 is 1. The minimum atomic E-state index is -0.0686. The van der Waals surface area contributed by atoms with E-state index in [1.54, 1.807) is 7.11 Å².